The number of aromatic hydroxyl groups is 1. The summed E-state index contributed by atoms with van der Waals surface area (Å²) in [5.74, 6) is 0.0451. The van der Waals surface area contributed by atoms with Crippen LogP contribution in [0.2, 0.25) is 0 Å². The number of H-pyrrole nitrogens is 1. The van der Waals surface area contributed by atoms with E-state index >= 15 is 0 Å². The summed E-state index contributed by atoms with van der Waals surface area (Å²) >= 11 is 0. The molecule has 21 heavy (non-hydrogen) atoms. The van der Waals surface area contributed by atoms with Crippen molar-refractivity contribution in [3.05, 3.63) is 53.1 Å². The average Bonchev–Trinajstić information content (AvgIpc) is 2.70. The Balaban J connectivity index is 2.06. The predicted molar refractivity (Wildman–Crippen MR) is 84.8 cm³/mol. The lowest BCUT2D eigenvalue weighted by Gasteiger charge is -1.98. The Morgan fingerprint density at radius 3 is 2.29 bits per heavy atom. The molecule has 0 amide bonds. The van der Waals surface area contributed by atoms with Crippen LogP contribution in [-0.2, 0) is 0 Å². The monoisotopic (exact) mass is 279 g/mol. The van der Waals surface area contributed by atoms with Gasteiger partial charge in [-0.05, 0) is 56.2 Å². The van der Waals surface area contributed by atoms with E-state index in [1.165, 1.54) is 0 Å². The van der Waals surface area contributed by atoms with Crippen molar-refractivity contribution in [1.82, 2.24) is 4.98 Å². The van der Waals surface area contributed by atoms with Crippen LogP contribution in [0, 0.1) is 20.8 Å². The van der Waals surface area contributed by atoms with E-state index in [9.17, 15) is 5.11 Å². The summed E-state index contributed by atoms with van der Waals surface area (Å²) in [5.41, 5.74) is 5.52. The van der Waals surface area contributed by atoms with Gasteiger partial charge in [-0.15, -0.1) is 5.11 Å². The SMILES string of the molecule is Cc1cc(C)cc(N=Nc2c(O)[nH]c3ccc(C)cc23)c1. The van der Waals surface area contributed by atoms with Gasteiger partial charge in [0.2, 0.25) is 5.88 Å². The third kappa shape index (κ3) is 2.65. The fourth-order valence-electron chi connectivity index (χ4n) is 2.49. The zero-order chi connectivity index (χ0) is 15.0. The molecule has 4 heteroatoms. The highest BCUT2D eigenvalue weighted by molar-refractivity contribution is 5.94. The topological polar surface area (TPSA) is 60.7 Å². The molecule has 0 aliphatic rings. The molecule has 1 aromatic heterocycles. The molecule has 4 nitrogen and oxygen atoms in total. The fourth-order valence-corrected chi connectivity index (χ4v) is 2.49. The number of aryl methyl sites for hydroxylation is 3. The third-order valence-electron chi connectivity index (χ3n) is 3.38. The maximum absolute atomic E-state index is 10.0. The third-order valence-corrected chi connectivity index (χ3v) is 3.38. The summed E-state index contributed by atoms with van der Waals surface area (Å²) in [6.45, 7) is 6.06. The highest BCUT2D eigenvalue weighted by atomic mass is 16.3. The smallest absolute Gasteiger partial charge is 0.218 e. The Labute approximate surface area is 123 Å². The standard InChI is InChI=1S/C17H17N3O/c1-10-4-5-15-14(9-10)16(17(21)18-15)20-19-13-7-11(2)6-12(3)8-13/h4-9,18,21H,1-3H3. The lowest BCUT2D eigenvalue weighted by Crippen LogP contribution is -1.75. The van der Waals surface area contributed by atoms with Gasteiger partial charge >= 0.3 is 0 Å². The molecule has 0 unspecified atom stereocenters. The second-order valence-electron chi connectivity index (χ2n) is 5.42. The number of hydrogen-bond donors (Lipinski definition) is 2. The molecule has 0 saturated carbocycles. The number of benzene rings is 2. The first-order valence-corrected chi connectivity index (χ1v) is 6.84. The molecule has 0 atom stereocenters. The number of azo groups is 1. The normalized spacial score (nSPS) is 11.6. The zero-order valence-electron chi connectivity index (χ0n) is 12.3. The average molecular weight is 279 g/mol. The van der Waals surface area contributed by atoms with Gasteiger partial charge in [0.05, 0.1) is 11.2 Å². The van der Waals surface area contributed by atoms with E-state index in [4.69, 9.17) is 0 Å². The molecule has 2 aromatic carbocycles. The molecule has 3 aromatic rings. The lowest BCUT2D eigenvalue weighted by atomic mass is 10.1. The second-order valence-corrected chi connectivity index (χ2v) is 5.42. The number of aromatic nitrogens is 1. The Hall–Kier alpha value is -2.62. The molecule has 0 aliphatic carbocycles. The molecule has 1 heterocycles. The maximum Gasteiger partial charge on any atom is 0.218 e. The van der Waals surface area contributed by atoms with Gasteiger partial charge in [0.25, 0.3) is 0 Å². The first kappa shape index (κ1) is 13.4. The molecular weight excluding hydrogens is 262 g/mol. The van der Waals surface area contributed by atoms with E-state index in [-0.39, 0.29) is 5.88 Å². The zero-order valence-corrected chi connectivity index (χ0v) is 12.3. The van der Waals surface area contributed by atoms with Crippen LogP contribution in [0.3, 0.4) is 0 Å². The van der Waals surface area contributed by atoms with Gasteiger partial charge in [-0.3, -0.25) is 0 Å². The van der Waals surface area contributed by atoms with Gasteiger partial charge in [-0.2, -0.15) is 5.11 Å². The van der Waals surface area contributed by atoms with Crippen LogP contribution in [0.1, 0.15) is 16.7 Å². The molecule has 0 fully saturated rings. The second kappa shape index (κ2) is 5.05. The first-order valence-electron chi connectivity index (χ1n) is 6.84. The van der Waals surface area contributed by atoms with Crippen LogP contribution < -0.4 is 0 Å². The van der Waals surface area contributed by atoms with Crippen LogP contribution in [0.4, 0.5) is 11.4 Å². The lowest BCUT2D eigenvalue weighted by molar-refractivity contribution is 0.459. The summed E-state index contributed by atoms with van der Waals surface area (Å²) < 4.78 is 0. The van der Waals surface area contributed by atoms with Crippen molar-refractivity contribution in [3.63, 3.8) is 0 Å². The molecular formula is C17H17N3O. The number of rotatable bonds is 2. The van der Waals surface area contributed by atoms with Gasteiger partial charge in [-0.1, -0.05) is 17.7 Å². The molecule has 0 aliphatic heterocycles. The summed E-state index contributed by atoms with van der Waals surface area (Å²) in [7, 11) is 0. The first-order chi connectivity index (χ1) is 10.0. The number of nitrogens with zero attached hydrogens (tertiary/aromatic N) is 2. The molecule has 3 rings (SSSR count). The Kier molecular flexibility index (Phi) is 3.22. The van der Waals surface area contributed by atoms with Crippen LogP contribution in [0.15, 0.2) is 46.6 Å². The van der Waals surface area contributed by atoms with Crippen LogP contribution in [0.5, 0.6) is 5.88 Å². The Morgan fingerprint density at radius 1 is 0.857 bits per heavy atom. The van der Waals surface area contributed by atoms with Crippen molar-refractivity contribution < 1.29 is 5.11 Å². The van der Waals surface area contributed by atoms with E-state index < -0.39 is 0 Å². The fraction of sp³-hybridized carbons (Fsp3) is 0.176. The molecule has 0 bridgehead atoms. The van der Waals surface area contributed by atoms with Gasteiger partial charge in [0, 0.05) is 5.39 Å². The van der Waals surface area contributed by atoms with Crippen molar-refractivity contribution >= 4 is 22.3 Å². The molecule has 0 radical (unpaired) electrons. The minimum Gasteiger partial charge on any atom is -0.493 e. The summed E-state index contributed by atoms with van der Waals surface area (Å²) in [6, 6.07) is 11.9. The van der Waals surface area contributed by atoms with Crippen LogP contribution in [0.25, 0.3) is 10.9 Å². The van der Waals surface area contributed by atoms with Gasteiger partial charge in [-0.25, -0.2) is 0 Å². The number of hydrogen-bond acceptors (Lipinski definition) is 3. The van der Waals surface area contributed by atoms with E-state index in [2.05, 4.69) is 21.3 Å². The molecule has 0 spiro atoms. The van der Waals surface area contributed by atoms with E-state index in [1.54, 1.807) is 0 Å². The van der Waals surface area contributed by atoms with E-state index in [0.29, 0.717) is 5.69 Å². The highest BCUT2D eigenvalue weighted by Gasteiger charge is 2.10. The van der Waals surface area contributed by atoms with Crippen LogP contribution >= 0.6 is 0 Å². The van der Waals surface area contributed by atoms with Crippen molar-refractivity contribution in [2.45, 2.75) is 20.8 Å². The number of fused-ring (bicyclic) bond motifs is 1. The van der Waals surface area contributed by atoms with Crippen molar-refractivity contribution in [2.24, 2.45) is 10.2 Å². The Bertz CT molecular complexity index is 826. The Morgan fingerprint density at radius 2 is 1.57 bits per heavy atom. The minimum absolute atomic E-state index is 0.0451. The summed E-state index contributed by atoms with van der Waals surface area (Å²) in [5, 5.41) is 19.4. The van der Waals surface area contributed by atoms with Crippen LogP contribution in [-0.4, -0.2) is 10.1 Å². The largest absolute Gasteiger partial charge is 0.493 e. The minimum atomic E-state index is 0.0451. The van der Waals surface area contributed by atoms with Gasteiger partial charge in [0.15, 0.2) is 5.69 Å². The molecule has 2 N–H and O–H groups in total. The number of nitrogens with one attached hydrogen (secondary N) is 1. The molecule has 0 saturated heterocycles. The van der Waals surface area contributed by atoms with Crippen molar-refractivity contribution in [2.75, 3.05) is 0 Å². The molecule has 106 valence electrons. The predicted octanol–water partition coefficient (Wildman–Crippen LogP) is 5.21. The van der Waals surface area contributed by atoms with E-state index in [1.807, 2.05) is 51.1 Å². The van der Waals surface area contributed by atoms with Gasteiger partial charge in [0.1, 0.15) is 0 Å². The van der Waals surface area contributed by atoms with Crippen molar-refractivity contribution in [3.8, 4) is 5.88 Å². The van der Waals surface area contributed by atoms with Crippen molar-refractivity contribution in [1.29, 1.82) is 0 Å². The maximum atomic E-state index is 10.0. The number of aromatic amines is 1. The van der Waals surface area contributed by atoms with E-state index in [0.717, 1.165) is 33.3 Å². The van der Waals surface area contributed by atoms with Gasteiger partial charge < -0.3 is 10.1 Å². The quantitative estimate of drug-likeness (QED) is 0.621. The summed E-state index contributed by atoms with van der Waals surface area (Å²) in [4.78, 5) is 2.92. The summed E-state index contributed by atoms with van der Waals surface area (Å²) in [6.07, 6.45) is 0. The highest BCUT2D eigenvalue weighted by Crippen LogP contribution is 2.36.